The Labute approximate surface area is 205 Å². The van der Waals surface area contributed by atoms with Crippen LogP contribution in [0.3, 0.4) is 0 Å². The van der Waals surface area contributed by atoms with Crippen molar-refractivity contribution < 1.29 is 28.2 Å². The van der Waals surface area contributed by atoms with E-state index < -0.39 is 23.6 Å². The number of rotatable bonds is 6. The van der Waals surface area contributed by atoms with Crippen molar-refractivity contribution in [1.29, 1.82) is 0 Å². The standard InChI is InChI=1S/C17H15F2N3O2.C8H10N2O2/c1-3-24-16(23)10-7-8-14-13(9-10)20-17(22(14)2)21-15-11(18)5-4-6-12(15)19;9-4-6-2-1-5(8(11)12)3-7(6)10/h4-9H,3H2,1-2H3,(H,20,21);1-3H,4,9-10H2,(H,11,12). The number of ether oxygens (including phenoxy) is 1. The molecule has 0 amide bonds. The van der Waals surface area contributed by atoms with E-state index in [1.807, 2.05) is 0 Å². The number of carboxylic acid groups (broad SMARTS) is 1. The fourth-order valence-corrected chi connectivity index (χ4v) is 3.30. The number of aryl methyl sites for hydroxylation is 1. The molecule has 0 bridgehead atoms. The van der Waals surface area contributed by atoms with E-state index in [0.29, 0.717) is 28.8 Å². The van der Waals surface area contributed by atoms with Gasteiger partial charge >= 0.3 is 11.9 Å². The van der Waals surface area contributed by atoms with Gasteiger partial charge in [-0.25, -0.2) is 23.4 Å². The molecule has 9 nitrogen and oxygen atoms in total. The number of aromatic nitrogens is 2. The molecule has 0 aliphatic heterocycles. The van der Waals surface area contributed by atoms with Crippen LogP contribution in [-0.2, 0) is 18.3 Å². The Bertz CT molecular complexity index is 1400. The second-order valence-corrected chi connectivity index (χ2v) is 7.56. The monoisotopic (exact) mass is 497 g/mol. The van der Waals surface area contributed by atoms with Gasteiger partial charge < -0.3 is 31.2 Å². The average Bonchev–Trinajstić information content (AvgIpc) is 3.16. The molecule has 1 heterocycles. The molecule has 0 aliphatic rings. The zero-order valence-corrected chi connectivity index (χ0v) is 19.6. The maximum Gasteiger partial charge on any atom is 0.338 e. The van der Waals surface area contributed by atoms with E-state index in [1.54, 1.807) is 42.8 Å². The molecule has 4 aromatic rings. The van der Waals surface area contributed by atoms with Gasteiger partial charge in [-0.3, -0.25) is 0 Å². The van der Waals surface area contributed by atoms with Gasteiger partial charge in [0.15, 0.2) is 0 Å². The van der Waals surface area contributed by atoms with Gasteiger partial charge in [-0.15, -0.1) is 0 Å². The largest absolute Gasteiger partial charge is 0.478 e. The number of carbonyl (C=O) groups excluding carboxylic acids is 1. The summed E-state index contributed by atoms with van der Waals surface area (Å²) >= 11 is 0. The van der Waals surface area contributed by atoms with Crippen LogP contribution in [0.15, 0.2) is 54.6 Å². The van der Waals surface area contributed by atoms with E-state index in [2.05, 4.69) is 10.3 Å². The molecule has 6 N–H and O–H groups in total. The second kappa shape index (κ2) is 11.3. The fraction of sp³-hybridized carbons (Fsp3) is 0.160. The molecule has 0 saturated carbocycles. The maximum atomic E-state index is 13.8. The third kappa shape index (κ3) is 5.76. The van der Waals surface area contributed by atoms with Crippen molar-refractivity contribution in [3.05, 3.63) is 82.9 Å². The van der Waals surface area contributed by atoms with Crippen LogP contribution < -0.4 is 16.8 Å². The topological polar surface area (TPSA) is 145 Å². The van der Waals surface area contributed by atoms with E-state index in [0.717, 1.165) is 17.7 Å². The number of esters is 1. The third-order valence-electron chi connectivity index (χ3n) is 5.20. The van der Waals surface area contributed by atoms with Gasteiger partial charge in [0.2, 0.25) is 5.95 Å². The molecule has 4 rings (SSSR count). The zero-order valence-electron chi connectivity index (χ0n) is 19.6. The molecule has 0 atom stereocenters. The summed E-state index contributed by atoms with van der Waals surface area (Å²) in [6, 6.07) is 13.0. The summed E-state index contributed by atoms with van der Waals surface area (Å²) in [4.78, 5) is 26.6. The summed E-state index contributed by atoms with van der Waals surface area (Å²) in [5, 5.41) is 11.2. The number of fused-ring (bicyclic) bond motifs is 1. The first kappa shape index (κ1) is 26.1. The van der Waals surface area contributed by atoms with Crippen LogP contribution >= 0.6 is 0 Å². The molecular weight excluding hydrogens is 472 g/mol. The number of carboxylic acids is 1. The highest BCUT2D eigenvalue weighted by Crippen LogP contribution is 2.26. The first-order valence-corrected chi connectivity index (χ1v) is 10.8. The number of aromatic carboxylic acids is 1. The number of nitrogens with zero attached hydrogens (tertiary/aromatic N) is 2. The molecule has 0 saturated heterocycles. The van der Waals surface area contributed by atoms with Crippen LogP contribution in [0.5, 0.6) is 0 Å². The molecule has 0 aliphatic carbocycles. The van der Waals surface area contributed by atoms with Crippen LogP contribution in [0, 0.1) is 11.6 Å². The van der Waals surface area contributed by atoms with Gasteiger partial charge in [-0.2, -0.15) is 0 Å². The van der Waals surface area contributed by atoms with Crippen LogP contribution in [0.1, 0.15) is 33.2 Å². The summed E-state index contributed by atoms with van der Waals surface area (Å²) in [5.74, 6) is -2.59. The van der Waals surface area contributed by atoms with E-state index in [1.165, 1.54) is 18.2 Å². The maximum absolute atomic E-state index is 13.8. The zero-order chi connectivity index (χ0) is 26.4. The van der Waals surface area contributed by atoms with Crippen LogP contribution in [0.4, 0.5) is 26.1 Å². The summed E-state index contributed by atoms with van der Waals surface area (Å²) in [6.07, 6.45) is 0. The van der Waals surface area contributed by atoms with E-state index in [9.17, 15) is 18.4 Å². The molecule has 11 heteroatoms. The molecule has 0 radical (unpaired) electrons. The molecule has 188 valence electrons. The Morgan fingerprint density at radius 2 is 1.75 bits per heavy atom. The van der Waals surface area contributed by atoms with Crippen molar-refractivity contribution in [3.8, 4) is 0 Å². The van der Waals surface area contributed by atoms with Crippen LogP contribution in [0.2, 0.25) is 0 Å². The third-order valence-corrected chi connectivity index (χ3v) is 5.20. The molecule has 3 aromatic carbocycles. The number of nitrogens with one attached hydrogen (secondary N) is 1. The first-order chi connectivity index (χ1) is 17.2. The Kier molecular flexibility index (Phi) is 8.18. The number of nitrogens with two attached hydrogens (primary N) is 2. The number of para-hydroxylation sites is 1. The number of halogens is 2. The highest BCUT2D eigenvalue weighted by molar-refractivity contribution is 5.94. The smallest absolute Gasteiger partial charge is 0.338 e. The molecule has 36 heavy (non-hydrogen) atoms. The minimum absolute atomic E-state index is 0.185. The van der Waals surface area contributed by atoms with E-state index in [-0.39, 0.29) is 23.8 Å². The Balaban J connectivity index is 0.000000253. The number of imidazole rings is 1. The highest BCUT2D eigenvalue weighted by atomic mass is 19.1. The summed E-state index contributed by atoms with van der Waals surface area (Å²) in [6.45, 7) is 2.33. The number of hydrogen-bond acceptors (Lipinski definition) is 7. The summed E-state index contributed by atoms with van der Waals surface area (Å²) < 4.78 is 34.2. The molecule has 0 unspecified atom stereocenters. The lowest BCUT2D eigenvalue weighted by Gasteiger charge is -2.08. The Morgan fingerprint density at radius 3 is 2.33 bits per heavy atom. The SMILES string of the molecule is CCOC(=O)c1ccc2c(c1)nc(Nc1c(F)cccc1F)n2C.NCc1ccc(C(=O)O)cc1N. The van der Waals surface area contributed by atoms with Gasteiger partial charge in [0.1, 0.15) is 17.3 Å². The van der Waals surface area contributed by atoms with Crippen LogP contribution in [-0.4, -0.2) is 33.2 Å². The Hall–Kier alpha value is -4.51. The summed E-state index contributed by atoms with van der Waals surface area (Å²) in [7, 11) is 1.71. The normalized spacial score (nSPS) is 10.5. The van der Waals surface area contributed by atoms with Gasteiger partial charge in [0.25, 0.3) is 0 Å². The lowest BCUT2D eigenvalue weighted by atomic mass is 10.1. The molecule has 1 aromatic heterocycles. The van der Waals surface area contributed by atoms with Crippen molar-refractivity contribution in [1.82, 2.24) is 9.55 Å². The molecule has 0 spiro atoms. The van der Waals surface area contributed by atoms with Gasteiger partial charge in [-0.1, -0.05) is 12.1 Å². The number of carbonyl (C=O) groups is 2. The minimum Gasteiger partial charge on any atom is -0.478 e. The number of nitrogen functional groups attached to an aromatic ring is 1. The van der Waals surface area contributed by atoms with Crippen LogP contribution in [0.25, 0.3) is 11.0 Å². The van der Waals surface area contributed by atoms with Gasteiger partial charge in [-0.05, 0) is 55.0 Å². The highest BCUT2D eigenvalue weighted by Gasteiger charge is 2.15. The van der Waals surface area contributed by atoms with Crippen molar-refractivity contribution in [2.45, 2.75) is 13.5 Å². The lowest BCUT2D eigenvalue weighted by molar-refractivity contribution is 0.0526. The lowest BCUT2D eigenvalue weighted by Crippen LogP contribution is -2.04. The molecular formula is C25H25F2N5O4. The van der Waals surface area contributed by atoms with Crippen molar-refractivity contribution in [2.75, 3.05) is 17.7 Å². The van der Waals surface area contributed by atoms with Gasteiger partial charge in [0.05, 0.1) is 28.8 Å². The van der Waals surface area contributed by atoms with Crippen molar-refractivity contribution in [3.63, 3.8) is 0 Å². The average molecular weight is 498 g/mol. The predicted molar refractivity (Wildman–Crippen MR) is 132 cm³/mol. The number of anilines is 3. The minimum atomic E-state index is -0.981. The van der Waals surface area contributed by atoms with E-state index in [4.69, 9.17) is 21.3 Å². The first-order valence-electron chi connectivity index (χ1n) is 10.8. The van der Waals surface area contributed by atoms with Crippen molar-refractivity contribution in [2.24, 2.45) is 12.8 Å². The number of hydrogen-bond donors (Lipinski definition) is 4. The number of benzene rings is 3. The van der Waals surface area contributed by atoms with Crippen molar-refractivity contribution >= 4 is 40.3 Å². The quantitative estimate of drug-likeness (QED) is 0.229. The Morgan fingerprint density at radius 1 is 1.08 bits per heavy atom. The fourth-order valence-electron chi connectivity index (χ4n) is 3.30. The van der Waals surface area contributed by atoms with Gasteiger partial charge in [0, 0.05) is 19.3 Å². The molecule has 0 fully saturated rings. The predicted octanol–water partition coefficient (Wildman–Crippen LogP) is 4.20. The second-order valence-electron chi connectivity index (χ2n) is 7.56. The summed E-state index contributed by atoms with van der Waals surface area (Å²) in [5.41, 5.74) is 13.6. The van der Waals surface area contributed by atoms with E-state index >= 15 is 0 Å².